The predicted octanol–water partition coefficient (Wildman–Crippen LogP) is 2.88. The first kappa shape index (κ1) is 17.2. The maximum Gasteiger partial charge on any atom is 0.269 e. The highest BCUT2D eigenvalue weighted by atomic mass is 16.3. The summed E-state index contributed by atoms with van der Waals surface area (Å²) < 4.78 is 1.72. The molecule has 0 fully saturated rings. The van der Waals surface area contributed by atoms with Crippen molar-refractivity contribution in [3.63, 3.8) is 0 Å². The fraction of sp³-hybridized carbons (Fsp3) is 0.444. The number of aliphatic hydroxyl groups excluding tert-OH is 1. The zero-order valence-corrected chi connectivity index (χ0v) is 14.0. The lowest BCUT2D eigenvalue weighted by Gasteiger charge is -2.11. The van der Waals surface area contributed by atoms with Gasteiger partial charge in [0.1, 0.15) is 5.69 Å². The molecular formula is C18H25N3O2. The van der Waals surface area contributed by atoms with Gasteiger partial charge in [0.05, 0.1) is 11.8 Å². The second-order valence-electron chi connectivity index (χ2n) is 5.90. The zero-order chi connectivity index (χ0) is 16.8. The zero-order valence-electron chi connectivity index (χ0n) is 14.0. The van der Waals surface area contributed by atoms with E-state index in [-0.39, 0.29) is 11.8 Å². The number of nitrogens with one attached hydrogen (secondary N) is 1. The van der Waals surface area contributed by atoms with Crippen molar-refractivity contribution in [2.75, 3.05) is 6.54 Å². The average Bonchev–Trinajstić information content (AvgIpc) is 3.00. The number of rotatable bonds is 7. The first-order valence-corrected chi connectivity index (χ1v) is 8.11. The van der Waals surface area contributed by atoms with Gasteiger partial charge in [0, 0.05) is 13.1 Å². The molecule has 2 N–H and O–H groups in total. The highest BCUT2D eigenvalue weighted by Gasteiger charge is 2.16. The van der Waals surface area contributed by atoms with E-state index in [9.17, 15) is 9.90 Å². The molecule has 2 rings (SSSR count). The van der Waals surface area contributed by atoms with E-state index in [2.05, 4.69) is 24.3 Å². The van der Waals surface area contributed by atoms with Crippen LogP contribution in [0.3, 0.4) is 0 Å². The van der Waals surface area contributed by atoms with Gasteiger partial charge in [-0.2, -0.15) is 5.10 Å². The van der Waals surface area contributed by atoms with Crippen molar-refractivity contribution < 1.29 is 9.90 Å². The van der Waals surface area contributed by atoms with Crippen molar-refractivity contribution in [3.05, 3.63) is 53.3 Å². The van der Waals surface area contributed by atoms with Crippen LogP contribution in [0.4, 0.5) is 0 Å². The molecule has 124 valence electrons. The molecule has 1 amide bonds. The van der Waals surface area contributed by atoms with Crippen molar-refractivity contribution >= 4 is 5.91 Å². The van der Waals surface area contributed by atoms with Crippen LogP contribution >= 0.6 is 0 Å². The highest BCUT2D eigenvalue weighted by Crippen LogP contribution is 2.16. The largest absolute Gasteiger partial charge is 0.388 e. The number of hydrogen-bond donors (Lipinski definition) is 2. The number of aliphatic hydroxyl groups is 1. The normalized spacial score (nSPS) is 12.4. The maximum atomic E-state index is 12.3. The highest BCUT2D eigenvalue weighted by molar-refractivity contribution is 5.92. The van der Waals surface area contributed by atoms with Crippen LogP contribution in [0, 0.1) is 0 Å². The van der Waals surface area contributed by atoms with Crippen molar-refractivity contribution in [1.82, 2.24) is 15.1 Å². The van der Waals surface area contributed by atoms with Gasteiger partial charge in [-0.1, -0.05) is 44.2 Å². The fourth-order valence-electron chi connectivity index (χ4n) is 2.40. The van der Waals surface area contributed by atoms with Gasteiger partial charge in [-0.3, -0.25) is 9.48 Å². The Hall–Kier alpha value is -2.14. The van der Waals surface area contributed by atoms with Crippen LogP contribution in [0.2, 0.25) is 0 Å². The number of benzene rings is 1. The molecule has 0 bridgehead atoms. The van der Waals surface area contributed by atoms with Gasteiger partial charge in [0.15, 0.2) is 0 Å². The van der Waals surface area contributed by atoms with Gasteiger partial charge >= 0.3 is 0 Å². The lowest BCUT2D eigenvalue weighted by molar-refractivity contribution is 0.0932. The SMILES string of the molecule is CCn1nc(C(C)C)cc1C(=O)NCCC(O)c1ccccc1. The Morgan fingerprint density at radius 1 is 1.30 bits per heavy atom. The molecule has 0 saturated heterocycles. The van der Waals surface area contributed by atoms with E-state index < -0.39 is 6.10 Å². The fourth-order valence-corrected chi connectivity index (χ4v) is 2.40. The number of aromatic nitrogens is 2. The Labute approximate surface area is 137 Å². The van der Waals surface area contributed by atoms with E-state index in [1.54, 1.807) is 4.68 Å². The summed E-state index contributed by atoms with van der Waals surface area (Å²) in [4.78, 5) is 12.3. The van der Waals surface area contributed by atoms with E-state index in [4.69, 9.17) is 0 Å². The Morgan fingerprint density at radius 3 is 2.61 bits per heavy atom. The minimum Gasteiger partial charge on any atom is -0.388 e. The lowest BCUT2D eigenvalue weighted by atomic mass is 10.1. The minimum atomic E-state index is -0.571. The Bertz CT molecular complexity index is 635. The summed E-state index contributed by atoms with van der Waals surface area (Å²) in [5.41, 5.74) is 2.36. The molecule has 1 heterocycles. The first-order chi connectivity index (χ1) is 11.0. The summed E-state index contributed by atoms with van der Waals surface area (Å²) in [7, 11) is 0. The smallest absolute Gasteiger partial charge is 0.269 e. The van der Waals surface area contributed by atoms with Crippen LogP contribution in [0.15, 0.2) is 36.4 Å². The lowest BCUT2D eigenvalue weighted by Crippen LogP contribution is -2.28. The third kappa shape index (κ3) is 4.42. The molecule has 0 aliphatic carbocycles. The summed E-state index contributed by atoms with van der Waals surface area (Å²) in [6.45, 7) is 7.15. The molecule has 0 saturated carbocycles. The standard InChI is InChI=1S/C18H25N3O2/c1-4-21-16(12-15(20-21)13(2)3)18(23)19-11-10-17(22)14-8-6-5-7-9-14/h5-9,12-13,17,22H,4,10-11H2,1-3H3,(H,19,23). The van der Waals surface area contributed by atoms with E-state index in [0.717, 1.165) is 11.3 Å². The van der Waals surface area contributed by atoms with Crippen molar-refractivity contribution in [2.45, 2.75) is 45.8 Å². The van der Waals surface area contributed by atoms with Gasteiger partial charge in [0.25, 0.3) is 5.91 Å². The van der Waals surface area contributed by atoms with E-state index in [1.807, 2.05) is 43.3 Å². The van der Waals surface area contributed by atoms with Crippen LogP contribution in [0.25, 0.3) is 0 Å². The molecule has 5 nitrogen and oxygen atoms in total. The third-order valence-corrected chi connectivity index (χ3v) is 3.81. The number of hydrogen-bond acceptors (Lipinski definition) is 3. The monoisotopic (exact) mass is 315 g/mol. The maximum absolute atomic E-state index is 12.3. The van der Waals surface area contributed by atoms with Gasteiger partial charge in [-0.25, -0.2) is 0 Å². The molecule has 1 unspecified atom stereocenters. The van der Waals surface area contributed by atoms with Gasteiger partial charge in [0.2, 0.25) is 0 Å². The number of carbonyl (C=O) groups is 1. The number of carbonyl (C=O) groups excluding carboxylic acids is 1. The number of nitrogens with zero attached hydrogens (tertiary/aromatic N) is 2. The molecule has 23 heavy (non-hydrogen) atoms. The summed E-state index contributed by atoms with van der Waals surface area (Å²) in [6.07, 6.45) is -0.0913. The molecule has 5 heteroatoms. The van der Waals surface area contributed by atoms with Crippen molar-refractivity contribution in [3.8, 4) is 0 Å². The Morgan fingerprint density at radius 2 is 2.00 bits per heavy atom. The molecular weight excluding hydrogens is 290 g/mol. The molecule has 0 aliphatic rings. The summed E-state index contributed by atoms with van der Waals surface area (Å²) in [5, 5.41) is 17.4. The molecule has 1 aromatic carbocycles. The second-order valence-corrected chi connectivity index (χ2v) is 5.90. The van der Waals surface area contributed by atoms with Gasteiger partial charge < -0.3 is 10.4 Å². The summed E-state index contributed by atoms with van der Waals surface area (Å²) in [6, 6.07) is 11.3. The molecule has 0 aliphatic heterocycles. The first-order valence-electron chi connectivity index (χ1n) is 8.11. The Balaban J connectivity index is 1.92. The predicted molar refractivity (Wildman–Crippen MR) is 90.3 cm³/mol. The van der Waals surface area contributed by atoms with Gasteiger partial charge in [-0.05, 0) is 30.9 Å². The quantitative estimate of drug-likeness (QED) is 0.825. The molecule has 0 spiro atoms. The van der Waals surface area contributed by atoms with Crippen LogP contribution in [0.1, 0.15) is 61.0 Å². The number of amides is 1. The Kier molecular flexibility index (Phi) is 5.93. The van der Waals surface area contributed by atoms with Crippen LogP contribution in [-0.4, -0.2) is 27.3 Å². The molecule has 2 aromatic rings. The minimum absolute atomic E-state index is 0.147. The number of aryl methyl sites for hydroxylation is 1. The van der Waals surface area contributed by atoms with Gasteiger partial charge in [-0.15, -0.1) is 0 Å². The topological polar surface area (TPSA) is 67.2 Å². The van der Waals surface area contributed by atoms with Crippen molar-refractivity contribution in [2.24, 2.45) is 0 Å². The average molecular weight is 315 g/mol. The molecule has 1 atom stereocenters. The van der Waals surface area contributed by atoms with Crippen LogP contribution in [0.5, 0.6) is 0 Å². The third-order valence-electron chi connectivity index (χ3n) is 3.81. The molecule has 1 aromatic heterocycles. The summed E-state index contributed by atoms with van der Waals surface area (Å²) in [5.74, 6) is 0.140. The van der Waals surface area contributed by atoms with Crippen LogP contribution in [-0.2, 0) is 6.54 Å². The summed E-state index contributed by atoms with van der Waals surface area (Å²) >= 11 is 0. The van der Waals surface area contributed by atoms with E-state index >= 15 is 0 Å². The van der Waals surface area contributed by atoms with E-state index in [0.29, 0.717) is 25.2 Å². The van der Waals surface area contributed by atoms with Crippen LogP contribution < -0.4 is 5.32 Å². The van der Waals surface area contributed by atoms with E-state index in [1.165, 1.54) is 0 Å². The molecule has 0 radical (unpaired) electrons. The second kappa shape index (κ2) is 7.92. The van der Waals surface area contributed by atoms with Crippen molar-refractivity contribution in [1.29, 1.82) is 0 Å².